The number of hydrogen-bond acceptors (Lipinski definition) is 14. The molecule has 328 valence electrons. The van der Waals surface area contributed by atoms with Gasteiger partial charge in [0.15, 0.2) is 11.7 Å². The third-order valence-corrected chi connectivity index (χ3v) is 13.6. The molecule has 5 N–H and O–H groups in total. The molecule has 62 heavy (non-hydrogen) atoms. The summed E-state index contributed by atoms with van der Waals surface area (Å²) < 4.78 is 53.3. The monoisotopic (exact) mass is 887 g/mol. The Balaban J connectivity index is 1.15. The molecule has 0 saturated carbocycles. The van der Waals surface area contributed by atoms with E-state index in [9.17, 15) is 18.5 Å². The van der Waals surface area contributed by atoms with Gasteiger partial charge in [0.25, 0.3) is 17.5 Å². The zero-order chi connectivity index (χ0) is 45.3. The highest BCUT2D eigenvalue weighted by Crippen LogP contribution is 2.50. The van der Waals surface area contributed by atoms with E-state index in [-0.39, 0.29) is 48.3 Å². The van der Waals surface area contributed by atoms with Gasteiger partial charge in [-0.25, -0.2) is 22.4 Å². The molecule has 4 unspecified atom stereocenters. The SMILES string of the molecule is [3H]OCC1(C)OC([n+]2cnc(NC(=O)c3ccccc3)c3[nH]c(NCCCNS(=O)(=O)c4ccc(N=Nc5ccc(N(C)C)cc5)cc4)nc32)CC1OP(C#N)N(C(C)C)C(C)C. The lowest BCUT2D eigenvalue weighted by Gasteiger charge is -2.36. The number of fused-ring (bicyclic) bond motifs is 1. The fraction of sp³-hybridized carbons (Fsp3) is 0.405. The second-order valence-electron chi connectivity index (χ2n) is 15.7. The summed E-state index contributed by atoms with van der Waals surface area (Å²) in [7, 11) is -1.60. The Kier molecular flexibility index (Phi) is 14.5. The number of rotatable bonds is 20. The van der Waals surface area contributed by atoms with Gasteiger partial charge in [-0.1, -0.05) is 28.2 Å². The van der Waals surface area contributed by atoms with Gasteiger partial charge in [-0.05, 0) is 102 Å². The number of imidazole rings is 1. The first-order valence-corrected chi connectivity index (χ1v) is 22.9. The maximum Gasteiger partial charge on any atom is 0.298 e. The lowest BCUT2D eigenvalue weighted by Crippen LogP contribution is -2.44. The average Bonchev–Trinajstić information content (AvgIpc) is 3.83. The zero-order valence-corrected chi connectivity index (χ0v) is 37.5. The van der Waals surface area contributed by atoms with Crippen LogP contribution in [-0.2, 0) is 19.3 Å². The first-order chi connectivity index (χ1) is 30.1. The Morgan fingerprint density at radius 3 is 2.35 bits per heavy atom. The number of aromatic amines is 1. The lowest BCUT2D eigenvalue weighted by molar-refractivity contribution is -0.742. The van der Waals surface area contributed by atoms with Crippen molar-refractivity contribution in [1.82, 2.24) is 24.3 Å². The van der Waals surface area contributed by atoms with Crippen molar-refractivity contribution in [2.24, 2.45) is 10.2 Å². The Morgan fingerprint density at radius 1 is 1.08 bits per heavy atom. The predicted octanol–water partition coefficient (Wildman–Crippen LogP) is 6.73. The van der Waals surface area contributed by atoms with E-state index in [0.29, 0.717) is 47.0 Å². The number of ether oxygens (including phenoxy) is 1. The van der Waals surface area contributed by atoms with Gasteiger partial charge >= 0.3 is 0 Å². The van der Waals surface area contributed by atoms with E-state index in [0.717, 1.165) is 5.69 Å². The molecule has 3 aromatic carbocycles. The number of hydrogen-bond donors (Lipinski definition) is 5. The second-order valence-corrected chi connectivity index (χ2v) is 18.9. The van der Waals surface area contributed by atoms with Crippen LogP contribution in [0.1, 0.15) is 64.0 Å². The number of sulfonamides is 1. The Labute approximate surface area is 364 Å². The van der Waals surface area contributed by atoms with E-state index < -0.39 is 36.3 Å². The van der Waals surface area contributed by atoms with Gasteiger partial charge < -0.3 is 29.6 Å². The summed E-state index contributed by atoms with van der Waals surface area (Å²) in [6, 6.07) is 22.5. The van der Waals surface area contributed by atoms with Crippen LogP contribution in [0.5, 0.6) is 0 Å². The van der Waals surface area contributed by atoms with Crippen LogP contribution in [0.15, 0.2) is 100 Å². The molecule has 18 nitrogen and oxygen atoms in total. The number of nitriles is 1. The molecular weight excluding hydrogens is 832 g/mol. The minimum atomic E-state index is -3.81. The van der Waals surface area contributed by atoms with E-state index in [4.69, 9.17) is 20.8 Å². The van der Waals surface area contributed by atoms with Gasteiger partial charge in [0.05, 0.1) is 22.9 Å². The third-order valence-electron chi connectivity index (χ3n) is 10.2. The number of azo groups is 1. The summed E-state index contributed by atoms with van der Waals surface area (Å²) >= 11 is 0. The van der Waals surface area contributed by atoms with Crippen molar-refractivity contribution in [3.63, 3.8) is 0 Å². The van der Waals surface area contributed by atoms with Crippen molar-refractivity contribution >= 4 is 64.2 Å². The molecule has 1 aliphatic rings. The average molecular weight is 888 g/mol. The van der Waals surface area contributed by atoms with Crippen LogP contribution < -0.4 is 24.8 Å². The summed E-state index contributed by atoms with van der Waals surface area (Å²) in [5, 5.41) is 29.7. The number of amides is 1. The zero-order valence-electron chi connectivity index (χ0n) is 36.8. The van der Waals surface area contributed by atoms with Crippen LogP contribution >= 0.6 is 8.30 Å². The summed E-state index contributed by atoms with van der Waals surface area (Å²) in [6.07, 6.45) is 0.828. The van der Waals surface area contributed by atoms with Crippen LogP contribution in [0.4, 0.5) is 28.8 Å². The van der Waals surface area contributed by atoms with Crippen LogP contribution in [0.25, 0.3) is 11.2 Å². The standard InChI is InChI=1S/C42H53N12O6PS/c1-28(2)54(29(3)4)61(26-43)60-35-24-36(59-42(35,5)25-55)53-27-45-38(48-40(56)30-12-9-8-10-13-30)37-39(53)49-41(47-37)44-22-11-23-46-62(57,58)34-20-16-32(17-21-34)51-50-31-14-18-33(19-15-31)52(6)7/h8-10,12-21,27-29,35-36,46,55H,11,22-25H2,1-7H3,(H2,44,47,48,49,50,51,56)/p+1/i55T. The van der Waals surface area contributed by atoms with Crippen LogP contribution in [0.3, 0.4) is 0 Å². The molecule has 20 heteroatoms. The summed E-state index contributed by atoms with van der Waals surface area (Å²) in [6.45, 7) is 10.2. The number of benzene rings is 3. The van der Waals surface area contributed by atoms with Crippen LogP contribution in [0, 0.1) is 11.1 Å². The van der Waals surface area contributed by atoms with Crippen molar-refractivity contribution in [2.45, 2.75) is 82.4 Å². The van der Waals surface area contributed by atoms with Crippen molar-refractivity contribution in [3.05, 3.63) is 90.8 Å². The summed E-state index contributed by atoms with van der Waals surface area (Å²) in [4.78, 5) is 28.0. The topological polar surface area (TPSA) is 226 Å². The number of aromatic nitrogens is 4. The minimum absolute atomic E-state index is 0.0407. The highest BCUT2D eigenvalue weighted by atomic mass is 32.2. The molecule has 6 rings (SSSR count). The largest absolute Gasteiger partial charge is 0.393 e. The van der Waals surface area contributed by atoms with Crippen LogP contribution in [0.2, 0.25) is 0 Å². The van der Waals surface area contributed by atoms with E-state index in [1.165, 1.54) is 18.5 Å². The molecule has 5 aromatic rings. The van der Waals surface area contributed by atoms with Gasteiger partial charge in [-0.3, -0.25) is 10.1 Å². The summed E-state index contributed by atoms with van der Waals surface area (Å²) in [5.41, 5.74) is 2.33. The number of anilines is 3. The first-order valence-electron chi connectivity index (χ1n) is 20.6. The molecule has 0 bridgehead atoms. The normalized spacial score (nSPS) is 18.7. The Hall–Kier alpha value is -5.45. The smallest absolute Gasteiger partial charge is 0.298 e. The number of nitrogens with zero attached hydrogens (tertiary/aromatic N) is 8. The molecular formula is C42H54N12O6PS+. The molecule has 1 fully saturated rings. The van der Waals surface area contributed by atoms with Gasteiger partial charge in [0.1, 0.15) is 17.5 Å². The van der Waals surface area contributed by atoms with E-state index in [1.807, 2.05) is 81.7 Å². The van der Waals surface area contributed by atoms with Crippen molar-refractivity contribution in [2.75, 3.05) is 49.3 Å². The van der Waals surface area contributed by atoms with Crippen molar-refractivity contribution in [1.29, 1.82) is 6.69 Å². The molecule has 2 aromatic heterocycles. The first kappa shape index (κ1) is 44.6. The fourth-order valence-corrected chi connectivity index (χ4v) is 9.63. The third kappa shape index (κ3) is 10.9. The fourth-order valence-electron chi connectivity index (χ4n) is 6.91. The Bertz CT molecular complexity index is 2500. The van der Waals surface area contributed by atoms with Gasteiger partial charge in [0.2, 0.25) is 31.9 Å². The second kappa shape index (κ2) is 20.2. The van der Waals surface area contributed by atoms with Gasteiger partial charge in [0, 0.05) is 56.9 Å². The van der Waals surface area contributed by atoms with Crippen molar-refractivity contribution in [3.8, 4) is 5.81 Å². The number of carbonyl (C=O) groups is 1. The number of carbonyl (C=O) groups excluding carboxylic acids is 1. The molecule has 4 atom stereocenters. The number of aliphatic hydroxyl groups excluding tert-OH is 1. The van der Waals surface area contributed by atoms with Crippen LogP contribution in [-0.4, -0.2) is 98.1 Å². The summed E-state index contributed by atoms with van der Waals surface area (Å²) in [5.74, 6) is 2.53. The molecule has 1 amide bonds. The minimum Gasteiger partial charge on any atom is -0.393 e. The molecule has 1 saturated heterocycles. The highest BCUT2D eigenvalue weighted by Gasteiger charge is 2.50. The molecule has 0 aliphatic carbocycles. The van der Waals surface area contributed by atoms with E-state index in [2.05, 4.69) is 41.4 Å². The molecule has 0 spiro atoms. The van der Waals surface area contributed by atoms with E-state index in [1.54, 1.807) is 47.9 Å². The molecule has 1 aliphatic heterocycles. The van der Waals surface area contributed by atoms with Crippen molar-refractivity contribution < 1.29 is 32.1 Å². The van der Waals surface area contributed by atoms with Gasteiger partial charge in [-0.15, -0.1) is 0 Å². The highest BCUT2D eigenvalue weighted by molar-refractivity contribution is 7.89. The molecule has 0 radical (unpaired) electrons. The Morgan fingerprint density at radius 2 is 1.74 bits per heavy atom. The number of aliphatic hydroxyl groups is 1. The van der Waals surface area contributed by atoms with E-state index >= 15 is 0 Å². The predicted molar refractivity (Wildman–Crippen MR) is 238 cm³/mol. The lowest BCUT2D eigenvalue weighted by atomic mass is 10.0. The maximum absolute atomic E-state index is 13.3. The molecule has 3 heterocycles. The number of H-pyrrole nitrogens is 1. The number of nitrogens with one attached hydrogen (secondary N) is 4. The van der Waals surface area contributed by atoms with Gasteiger partial charge in [-0.2, -0.15) is 15.5 Å². The maximum atomic E-state index is 13.3. The quantitative estimate of drug-likeness (QED) is 0.0238.